The highest BCUT2D eigenvalue weighted by Crippen LogP contribution is 2.19. The van der Waals surface area contributed by atoms with Gasteiger partial charge in [0.05, 0.1) is 23.7 Å². The van der Waals surface area contributed by atoms with Crippen LogP contribution in [0.3, 0.4) is 0 Å². The van der Waals surface area contributed by atoms with Crippen molar-refractivity contribution in [1.82, 2.24) is 14.9 Å². The number of fused-ring (bicyclic) bond motifs is 1. The summed E-state index contributed by atoms with van der Waals surface area (Å²) in [6.45, 7) is 1.38. The summed E-state index contributed by atoms with van der Waals surface area (Å²) in [5.74, 6) is 1.23. The maximum absolute atomic E-state index is 13.4. The predicted molar refractivity (Wildman–Crippen MR) is 93.8 cm³/mol. The summed E-state index contributed by atoms with van der Waals surface area (Å²) in [4.78, 5) is 4.54. The lowest BCUT2D eigenvalue weighted by Gasteiger charge is -2.08. The fourth-order valence-corrected chi connectivity index (χ4v) is 2.82. The Kier molecular flexibility index (Phi) is 4.96. The number of imidazole rings is 1. The molecule has 0 amide bonds. The van der Waals surface area contributed by atoms with Gasteiger partial charge in [-0.15, -0.1) is 0 Å². The molecule has 0 atom stereocenters. The fourth-order valence-electron chi connectivity index (χ4n) is 2.82. The number of nitrogens with one attached hydrogen (secondary N) is 1. The molecule has 0 saturated carbocycles. The molecular formula is C19H19FN4O. The zero-order chi connectivity index (χ0) is 17.8. The van der Waals surface area contributed by atoms with Crippen LogP contribution in [0, 0.1) is 17.1 Å². The summed E-state index contributed by atoms with van der Waals surface area (Å²) < 4.78 is 20.4. The smallest absolute Gasteiger partial charge is 0.136 e. The Bertz CT molecular complexity index is 942. The van der Waals surface area contributed by atoms with Crippen molar-refractivity contribution in [2.75, 3.05) is 13.7 Å². The molecule has 5 nitrogen and oxygen atoms in total. The van der Waals surface area contributed by atoms with Crippen LogP contribution in [0.2, 0.25) is 0 Å². The predicted octanol–water partition coefficient (Wildman–Crippen LogP) is 2.92. The Hall–Kier alpha value is -2.91. The first kappa shape index (κ1) is 16.9. The Morgan fingerprint density at radius 1 is 1.28 bits per heavy atom. The minimum Gasteiger partial charge on any atom is -0.495 e. The Morgan fingerprint density at radius 2 is 2.12 bits per heavy atom. The lowest BCUT2D eigenvalue weighted by molar-refractivity contribution is 0.413. The van der Waals surface area contributed by atoms with E-state index in [9.17, 15) is 4.39 Å². The summed E-state index contributed by atoms with van der Waals surface area (Å²) >= 11 is 0. The summed E-state index contributed by atoms with van der Waals surface area (Å²) in [7, 11) is 3.45. The number of rotatable bonds is 6. The molecular weight excluding hydrogens is 319 g/mol. The van der Waals surface area contributed by atoms with Crippen molar-refractivity contribution in [3.05, 3.63) is 59.2 Å². The van der Waals surface area contributed by atoms with Gasteiger partial charge in [-0.2, -0.15) is 5.26 Å². The molecule has 128 valence electrons. The largest absolute Gasteiger partial charge is 0.495 e. The van der Waals surface area contributed by atoms with Crippen molar-refractivity contribution in [1.29, 1.82) is 5.26 Å². The number of ether oxygens (including phenoxy) is 1. The number of hydrogen-bond acceptors (Lipinski definition) is 4. The lowest BCUT2D eigenvalue weighted by atomic mass is 10.1. The third kappa shape index (κ3) is 3.62. The number of benzene rings is 2. The van der Waals surface area contributed by atoms with Crippen molar-refractivity contribution < 1.29 is 9.13 Å². The molecule has 0 bridgehead atoms. The van der Waals surface area contributed by atoms with Gasteiger partial charge in [0.1, 0.15) is 23.5 Å². The summed E-state index contributed by atoms with van der Waals surface area (Å²) in [6, 6.07) is 12.3. The van der Waals surface area contributed by atoms with Crippen molar-refractivity contribution >= 4 is 11.0 Å². The summed E-state index contributed by atoms with van der Waals surface area (Å²) in [5, 5.41) is 12.5. The maximum Gasteiger partial charge on any atom is 0.136 e. The van der Waals surface area contributed by atoms with Crippen LogP contribution in [0.4, 0.5) is 4.39 Å². The Morgan fingerprint density at radius 3 is 2.88 bits per heavy atom. The molecule has 3 rings (SSSR count). The molecule has 6 heteroatoms. The Labute approximate surface area is 145 Å². The van der Waals surface area contributed by atoms with Gasteiger partial charge in [0.2, 0.25) is 0 Å². The van der Waals surface area contributed by atoms with E-state index < -0.39 is 0 Å². The number of hydrogen-bond donors (Lipinski definition) is 1. The first-order valence-corrected chi connectivity index (χ1v) is 8.01. The second-order valence-electron chi connectivity index (χ2n) is 5.79. The molecule has 25 heavy (non-hydrogen) atoms. The van der Waals surface area contributed by atoms with Gasteiger partial charge in [-0.05, 0) is 35.9 Å². The second-order valence-corrected chi connectivity index (χ2v) is 5.79. The van der Waals surface area contributed by atoms with Crippen LogP contribution in [0.1, 0.15) is 17.0 Å². The van der Waals surface area contributed by atoms with E-state index in [1.807, 2.05) is 23.7 Å². The topological polar surface area (TPSA) is 62.9 Å². The molecule has 1 N–H and O–H groups in total. The second kappa shape index (κ2) is 7.32. The molecule has 3 aromatic rings. The van der Waals surface area contributed by atoms with Crippen molar-refractivity contribution in [2.24, 2.45) is 7.05 Å². The van der Waals surface area contributed by atoms with E-state index in [2.05, 4.69) is 16.4 Å². The van der Waals surface area contributed by atoms with Gasteiger partial charge >= 0.3 is 0 Å². The number of nitrogens with zero attached hydrogens (tertiary/aromatic N) is 3. The standard InChI is InChI=1S/C19H19FN4O/c1-24-17-10-15(20)4-5-16(17)23-19(24)7-8-22-12-13-3-6-18(25-2)14(9-13)11-21/h3-6,9-10,22H,7-8,12H2,1-2H3. The SMILES string of the molecule is COc1ccc(CNCCc2nc3ccc(F)cc3n2C)cc1C#N. The number of nitriles is 1. The maximum atomic E-state index is 13.4. The molecule has 2 aromatic carbocycles. The van der Waals surface area contributed by atoms with Gasteiger partial charge in [-0.1, -0.05) is 6.07 Å². The normalized spacial score (nSPS) is 10.8. The lowest BCUT2D eigenvalue weighted by Crippen LogP contribution is -2.18. The van der Waals surface area contributed by atoms with Crippen LogP contribution in [-0.4, -0.2) is 23.2 Å². The van der Waals surface area contributed by atoms with Crippen LogP contribution in [0.5, 0.6) is 5.75 Å². The number of methoxy groups -OCH3 is 1. The van der Waals surface area contributed by atoms with Gasteiger partial charge in [0, 0.05) is 26.6 Å². The van der Waals surface area contributed by atoms with Crippen LogP contribution >= 0.6 is 0 Å². The van der Waals surface area contributed by atoms with E-state index in [0.29, 0.717) is 17.9 Å². The minimum absolute atomic E-state index is 0.257. The van der Waals surface area contributed by atoms with Gasteiger partial charge in [-0.25, -0.2) is 9.37 Å². The highest BCUT2D eigenvalue weighted by Gasteiger charge is 2.08. The van der Waals surface area contributed by atoms with E-state index in [1.165, 1.54) is 12.1 Å². The van der Waals surface area contributed by atoms with Crippen molar-refractivity contribution in [3.63, 3.8) is 0 Å². The van der Waals surface area contributed by atoms with E-state index >= 15 is 0 Å². The first-order valence-electron chi connectivity index (χ1n) is 8.01. The fraction of sp³-hybridized carbons (Fsp3) is 0.263. The molecule has 0 fully saturated rings. The zero-order valence-electron chi connectivity index (χ0n) is 14.2. The molecule has 0 spiro atoms. The molecule has 0 unspecified atom stereocenters. The molecule has 1 heterocycles. The van der Waals surface area contributed by atoms with Crippen LogP contribution in [0.15, 0.2) is 36.4 Å². The van der Waals surface area contributed by atoms with E-state index in [4.69, 9.17) is 10.00 Å². The monoisotopic (exact) mass is 338 g/mol. The van der Waals surface area contributed by atoms with Gasteiger partial charge in [0.15, 0.2) is 0 Å². The molecule has 1 aromatic heterocycles. The van der Waals surface area contributed by atoms with Gasteiger partial charge in [0.25, 0.3) is 0 Å². The number of aromatic nitrogens is 2. The molecule has 0 aliphatic heterocycles. The van der Waals surface area contributed by atoms with Gasteiger partial charge in [-0.3, -0.25) is 0 Å². The number of aryl methyl sites for hydroxylation is 1. The third-order valence-electron chi connectivity index (χ3n) is 4.17. The minimum atomic E-state index is -0.257. The quantitative estimate of drug-likeness (QED) is 0.702. The third-order valence-corrected chi connectivity index (χ3v) is 4.17. The molecule has 0 aliphatic rings. The molecule has 0 aliphatic carbocycles. The average molecular weight is 338 g/mol. The summed E-state index contributed by atoms with van der Waals surface area (Å²) in [6.07, 6.45) is 0.730. The van der Waals surface area contributed by atoms with Crippen LogP contribution in [0.25, 0.3) is 11.0 Å². The highest BCUT2D eigenvalue weighted by molar-refractivity contribution is 5.75. The van der Waals surface area contributed by atoms with E-state index in [-0.39, 0.29) is 5.82 Å². The van der Waals surface area contributed by atoms with Crippen molar-refractivity contribution in [3.8, 4) is 11.8 Å². The van der Waals surface area contributed by atoms with E-state index in [1.54, 1.807) is 19.2 Å². The summed E-state index contributed by atoms with van der Waals surface area (Å²) in [5.41, 5.74) is 3.14. The van der Waals surface area contributed by atoms with Crippen LogP contribution in [-0.2, 0) is 20.0 Å². The molecule has 0 radical (unpaired) electrons. The molecule has 0 saturated heterocycles. The van der Waals surface area contributed by atoms with E-state index in [0.717, 1.165) is 35.4 Å². The zero-order valence-corrected chi connectivity index (χ0v) is 14.2. The first-order chi connectivity index (χ1) is 12.1. The van der Waals surface area contributed by atoms with Crippen LogP contribution < -0.4 is 10.1 Å². The highest BCUT2D eigenvalue weighted by atomic mass is 19.1. The number of halogens is 1. The van der Waals surface area contributed by atoms with Crippen molar-refractivity contribution in [2.45, 2.75) is 13.0 Å². The van der Waals surface area contributed by atoms with Gasteiger partial charge < -0.3 is 14.6 Å². The average Bonchev–Trinajstić information content (AvgIpc) is 2.94. The Balaban J connectivity index is 1.60.